The Labute approximate surface area is 126 Å². The van der Waals surface area contributed by atoms with Crippen LogP contribution in [0.3, 0.4) is 0 Å². The SMILES string of the molecule is CC(=O)O[C@H]1C=C[C@@H](OC(=O)c2ccc(Cl)cc2Cl)C1. The van der Waals surface area contributed by atoms with E-state index in [1.54, 1.807) is 18.2 Å². The molecule has 0 aromatic heterocycles. The van der Waals surface area contributed by atoms with Gasteiger partial charge in [-0.2, -0.15) is 0 Å². The number of hydrogen-bond acceptors (Lipinski definition) is 4. The monoisotopic (exact) mass is 314 g/mol. The molecule has 0 aliphatic heterocycles. The quantitative estimate of drug-likeness (QED) is 0.633. The molecular weight excluding hydrogens is 303 g/mol. The van der Waals surface area contributed by atoms with Crippen molar-refractivity contribution in [2.75, 3.05) is 0 Å². The van der Waals surface area contributed by atoms with Crippen LogP contribution in [-0.4, -0.2) is 24.1 Å². The number of benzene rings is 1. The third-order valence-electron chi connectivity index (χ3n) is 2.73. The molecule has 106 valence electrons. The smallest absolute Gasteiger partial charge is 0.340 e. The topological polar surface area (TPSA) is 52.6 Å². The van der Waals surface area contributed by atoms with Gasteiger partial charge in [-0.05, 0) is 30.4 Å². The number of esters is 2. The molecule has 0 fully saturated rings. The standard InChI is InChI=1S/C14H12Cl2O4/c1-8(17)19-10-3-4-11(7-10)20-14(18)12-5-2-9(15)6-13(12)16/h2-6,10-11H,7H2,1H3/t10-,11+/m0/s1. The molecule has 1 aliphatic carbocycles. The van der Waals surface area contributed by atoms with Crippen LogP contribution in [0.4, 0.5) is 0 Å². The van der Waals surface area contributed by atoms with Gasteiger partial charge in [-0.3, -0.25) is 4.79 Å². The van der Waals surface area contributed by atoms with Gasteiger partial charge in [0.05, 0.1) is 10.6 Å². The van der Waals surface area contributed by atoms with Gasteiger partial charge >= 0.3 is 11.9 Å². The summed E-state index contributed by atoms with van der Waals surface area (Å²) in [6.07, 6.45) is 3.01. The first-order valence-corrected chi connectivity index (χ1v) is 6.73. The molecule has 20 heavy (non-hydrogen) atoms. The van der Waals surface area contributed by atoms with Crippen molar-refractivity contribution < 1.29 is 19.1 Å². The molecule has 0 saturated heterocycles. The van der Waals surface area contributed by atoms with E-state index in [1.807, 2.05) is 0 Å². The number of halogens is 2. The second-order valence-corrected chi connectivity index (χ2v) is 5.18. The van der Waals surface area contributed by atoms with E-state index in [1.165, 1.54) is 19.1 Å². The fraction of sp³-hybridized carbons (Fsp3) is 0.286. The molecule has 0 spiro atoms. The number of carbonyl (C=O) groups excluding carboxylic acids is 2. The van der Waals surface area contributed by atoms with Crippen LogP contribution in [0.1, 0.15) is 23.7 Å². The van der Waals surface area contributed by atoms with Gasteiger partial charge in [-0.25, -0.2) is 4.79 Å². The molecule has 1 aromatic carbocycles. The predicted octanol–water partition coefficient (Wildman–Crippen LogP) is 3.41. The van der Waals surface area contributed by atoms with Gasteiger partial charge in [0, 0.05) is 18.4 Å². The molecule has 0 unspecified atom stereocenters. The maximum atomic E-state index is 12.0. The molecule has 4 nitrogen and oxygen atoms in total. The highest BCUT2D eigenvalue weighted by Gasteiger charge is 2.25. The van der Waals surface area contributed by atoms with E-state index in [-0.39, 0.29) is 22.7 Å². The lowest BCUT2D eigenvalue weighted by atomic mass is 10.2. The summed E-state index contributed by atoms with van der Waals surface area (Å²) in [6.45, 7) is 1.33. The van der Waals surface area contributed by atoms with Crippen molar-refractivity contribution in [2.24, 2.45) is 0 Å². The van der Waals surface area contributed by atoms with Crippen molar-refractivity contribution >= 4 is 35.1 Å². The van der Waals surface area contributed by atoms with Crippen molar-refractivity contribution in [2.45, 2.75) is 25.6 Å². The second kappa shape index (κ2) is 6.29. The highest BCUT2D eigenvalue weighted by molar-refractivity contribution is 6.36. The average Bonchev–Trinajstić information content (AvgIpc) is 2.75. The van der Waals surface area contributed by atoms with E-state index >= 15 is 0 Å². The molecule has 1 aromatic rings. The third-order valence-corrected chi connectivity index (χ3v) is 3.28. The molecule has 0 heterocycles. The van der Waals surface area contributed by atoms with Gasteiger partial charge < -0.3 is 9.47 Å². The summed E-state index contributed by atoms with van der Waals surface area (Å²) in [5, 5.41) is 0.684. The predicted molar refractivity (Wildman–Crippen MR) is 75.0 cm³/mol. The molecule has 6 heteroatoms. The molecule has 0 amide bonds. The van der Waals surface area contributed by atoms with Gasteiger partial charge in [0.25, 0.3) is 0 Å². The minimum atomic E-state index is -0.537. The van der Waals surface area contributed by atoms with Crippen molar-refractivity contribution in [3.8, 4) is 0 Å². The lowest BCUT2D eigenvalue weighted by Crippen LogP contribution is -2.19. The van der Waals surface area contributed by atoms with Gasteiger partial charge in [0.1, 0.15) is 12.2 Å². The van der Waals surface area contributed by atoms with E-state index in [2.05, 4.69) is 0 Å². The van der Waals surface area contributed by atoms with Crippen molar-refractivity contribution in [1.82, 2.24) is 0 Å². The Bertz CT molecular complexity index is 568. The minimum Gasteiger partial charge on any atom is -0.458 e. The van der Waals surface area contributed by atoms with Crippen LogP contribution in [0.5, 0.6) is 0 Å². The first-order valence-electron chi connectivity index (χ1n) is 5.97. The van der Waals surface area contributed by atoms with E-state index in [0.29, 0.717) is 11.4 Å². The Balaban J connectivity index is 1.96. The third kappa shape index (κ3) is 3.74. The van der Waals surface area contributed by atoms with Gasteiger partial charge in [-0.15, -0.1) is 0 Å². The summed E-state index contributed by atoms with van der Waals surface area (Å²) >= 11 is 11.7. The number of rotatable bonds is 3. The molecule has 0 radical (unpaired) electrons. The Morgan fingerprint density at radius 3 is 2.40 bits per heavy atom. The van der Waals surface area contributed by atoms with Crippen molar-refractivity contribution in [3.63, 3.8) is 0 Å². The van der Waals surface area contributed by atoms with Crippen LogP contribution >= 0.6 is 23.2 Å². The Morgan fingerprint density at radius 2 is 1.80 bits per heavy atom. The van der Waals surface area contributed by atoms with E-state index in [0.717, 1.165) is 0 Å². The normalized spacial score (nSPS) is 20.8. The number of ether oxygens (including phenoxy) is 2. The largest absolute Gasteiger partial charge is 0.458 e. The summed E-state index contributed by atoms with van der Waals surface area (Å²) in [7, 11) is 0. The summed E-state index contributed by atoms with van der Waals surface area (Å²) in [5.41, 5.74) is 0.250. The first kappa shape index (κ1) is 14.9. The summed E-state index contributed by atoms with van der Waals surface area (Å²) < 4.78 is 10.3. The van der Waals surface area contributed by atoms with Crippen LogP contribution in [0.15, 0.2) is 30.4 Å². The average molecular weight is 315 g/mol. The van der Waals surface area contributed by atoms with Gasteiger partial charge in [-0.1, -0.05) is 23.2 Å². The lowest BCUT2D eigenvalue weighted by molar-refractivity contribution is -0.144. The number of hydrogen-bond donors (Lipinski definition) is 0. The second-order valence-electron chi connectivity index (χ2n) is 4.34. The molecular formula is C14H12Cl2O4. The molecule has 0 saturated carbocycles. The molecule has 1 aliphatic rings. The van der Waals surface area contributed by atoms with E-state index in [9.17, 15) is 9.59 Å². The van der Waals surface area contributed by atoms with Gasteiger partial charge in [0.2, 0.25) is 0 Å². The van der Waals surface area contributed by atoms with Crippen LogP contribution in [-0.2, 0) is 14.3 Å². The molecule has 2 atom stereocenters. The Hall–Kier alpha value is -1.52. The minimum absolute atomic E-state index is 0.237. The van der Waals surface area contributed by atoms with Crippen LogP contribution in [0.25, 0.3) is 0 Å². The van der Waals surface area contributed by atoms with E-state index in [4.69, 9.17) is 32.7 Å². The number of carbonyl (C=O) groups is 2. The summed E-state index contributed by atoms with van der Waals surface area (Å²) in [5.74, 6) is -0.905. The highest BCUT2D eigenvalue weighted by atomic mass is 35.5. The highest BCUT2D eigenvalue weighted by Crippen LogP contribution is 2.24. The maximum absolute atomic E-state index is 12.0. The lowest BCUT2D eigenvalue weighted by Gasteiger charge is -2.13. The van der Waals surface area contributed by atoms with Crippen molar-refractivity contribution in [3.05, 3.63) is 46.0 Å². The zero-order valence-electron chi connectivity index (χ0n) is 10.6. The zero-order chi connectivity index (χ0) is 14.7. The first-order chi connectivity index (χ1) is 9.45. The Morgan fingerprint density at radius 1 is 1.15 bits per heavy atom. The molecule has 0 N–H and O–H groups in total. The van der Waals surface area contributed by atoms with E-state index < -0.39 is 12.1 Å². The summed E-state index contributed by atoms with van der Waals surface area (Å²) in [4.78, 5) is 22.8. The van der Waals surface area contributed by atoms with Crippen LogP contribution in [0.2, 0.25) is 10.0 Å². The van der Waals surface area contributed by atoms with Gasteiger partial charge in [0.15, 0.2) is 0 Å². The van der Waals surface area contributed by atoms with Crippen molar-refractivity contribution in [1.29, 1.82) is 0 Å². The Kier molecular flexibility index (Phi) is 4.68. The zero-order valence-corrected chi connectivity index (χ0v) is 12.1. The fourth-order valence-corrected chi connectivity index (χ4v) is 2.36. The summed E-state index contributed by atoms with van der Waals surface area (Å²) in [6, 6.07) is 4.55. The fourth-order valence-electron chi connectivity index (χ4n) is 1.88. The van der Waals surface area contributed by atoms with Crippen LogP contribution < -0.4 is 0 Å². The molecule has 0 bridgehead atoms. The van der Waals surface area contributed by atoms with Crippen LogP contribution in [0, 0.1) is 0 Å². The molecule has 2 rings (SSSR count). The maximum Gasteiger partial charge on any atom is 0.340 e.